The highest BCUT2D eigenvalue weighted by atomic mass is 16.4. The minimum Gasteiger partial charge on any atom is -0.481 e. The van der Waals surface area contributed by atoms with Crippen molar-refractivity contribution in [2.75, 3.05) is 0 Å². The van der Waals surface area contributed by atoms with Gasteiger partial charge in [-0.25, -0.2) is 0 Å². The van der Waals surface area contributed by atoms with Crippen LogP contribution < -0.4 is 0 Å². The van der Waals surface area contributed by atoms with E-state index >= 15 is 0 Å². The summed E-state index contributed by atoms with van der Waals surface area (Å²) in [7, 11) is 0. The van der Waals surface area contributed by atoms with Crippen LogP contribution in [0.5, 0.6) is 0 Å². The zero-order valence-electron chi connectivity index (χ0n) is 9.55. The van der Waals surface area contributed by atoms with Crippen LogP contribution in [0.2, 0.25) is 0 Å². The number of carboxylic acids is 1. The summed E-state index contributed by atoms with van der Waals surface area (Å²) in [5.41, 5.74) is 1.33. The average molecular weight is 198 g/mol. The van der Waals surface area contributed by atoms with Gasteiger partial charge >= 0.3 is 5.97 Å². The van der Waals surface area contributed by atoms with Gasteiger partial charge in [-0.05, 0) is 25.7 Å². The van der Waals surface area contributed by atoms with Crippen LogP contribution in [0.4, 0.5) is 0 Å². The van der Waals surface area contributed by atoms with Crippen molar-refractivity contribution < 1.29 is 9.90 Å². The Balaban J connectivity index is 3.74. The van der Waals surface area contributed by atoms with E-state index in [4.69, 9.17) is 5.11 Å². The van der Waals surface area contributed by atoms with Crippen molar-refractivity contribution in [2.24, 2.45) is 5.92 Å². The first-order chi connectivity index (χ1) is 6.56. The van der Waals surface area contributed by atoms with Crippen molar-refractivity contribution >= 4 is 5.97 Å². The van der Waals surface area contributed by atoms with E-state index in [9.17, 15) is 4.79 Å². The molecule has 1 unspecified atom stereocenters. The monoisotopic (exact) mass is 198 g/mol. The third-order valence-corrected chi connectivity index (χ3v) is 2.24. The summed E-state index contributed by atoms with van der Waals surface area (Å²) in [5, 5.41) is 8.59. The Morgan fingerprint density at radius 3 is 2.57 bits per heavy atom. The summed E-state index contributed by atoms with van der Waals surface area (Å²) >= 11 is 0. The molecule has 0 aromatic rings. The van der Waals surface area contributed by atoms with E-state index in [0.29, 0.717) is 0 Å². The Bertz CT molecular complexity index is 194. The summed E-state index contributed by atoms with van der Waals surface area (Å²) in [6.07, 6.45) is 7.00. The number of rotatable bonds is 7. The van der Waals surface area contributed by atoms with Gasteiger partial charge in [0.05, 0.1) is 0 Å². The molecule has 0 aliphatic heterocycles. The van der Waals surface area contributed by atoms with Crippen LogP contribution in [0.15, 0.2) is 11.6 Å². The largest absolute Gasteiger partial charge is 0.481 e. The smallest absolute Gasteiger partial charge is 0.303 e. The predicted octanol–water partition coefficient (Wildman–Crippen LogP) is 3.62. The molecule has 0 bridgehead atoms. The molecule has 2 heteroatoms. The predicted molar refractivity (Wildman–Crippen MR) is 59.3 cm³/mol. The highest BCUT2D eigenvalue weighted by molar-refractivity contribution is 5.66. The molecule has 1 atom stereocenters. The quantitative estimate of drug-likeness (QED) is 0.501. The van der Waals surface area contributed by atoms with Crippen LogP contribution in [0.1, 0.15) is 52.9 Å². The van der Waals surface area contributed by atoms with Gasteiger partial charge in [0.2, 0.25) is 0 Å². The highest BCUT2D eigenvalue weighted by Gasteiger charge is 2.07. The van der Waals surface area contributed by atoms with Gasteiger partial charge in [0.1, 0.15) is 0 Å². The molecule has 0 aromatic heterocycles. The maximum Gasteiger partial charge on any atom is 0.303 e. The summed E-state index contributed by atoms with van der Waals surface area (Å²) in [5.74, 6) is -0.441. The number of hydrogen-bond acceptors (Lipinski definition) is 1. The lowest BCUT2D eigenvalue weighted by atomic mass is 9.98. The molecule has 14 heavy (non-hydrogen) atoms. The molecule has 0 saturated carbocycles. The molecule has 0 saturated heterocycles. The van der Waals surface area contributed by atoms with Gasteiger partial charge in [0, 0.05) is 6.42 Å². The fraction of sp³-hybridized carbons (Fsp3) is 0.750. The van der Waals surface area contributed by atoms with Crippen molar-refractivity contribution in [2.45, 2.75) is 52.9 Å². The molecule has 1 N–H and O–H groups in total. The van der Waals surface area contributed by atoms with Crippen LogP contribution in [0.3, 0.4) is 0 Å². The standard InChI is InChI=1S/C12H22O2/c1-4-5-6-7-10(2)8-11(3)9-12(13)14/h7,11H,4-6,8-9H2,1-3H3,(H,13,14). The van der Waals surface area contributed by atoms with Crippen LogP contribution >= 0.6 is 0 Å². The number of carbonyl (C=O) groups is 1. The molecule has 0 amide bonds. The van der Waals surface area contributed by atoms with Gasteiger partial charge in [0.15, 0.2) is 0 Å². The fourth-order valence-corrected chi connectivity index (χ4v) is 1.56. The Hall–Kier alpha value is -0.790. The van der Waals surface area contributed by atoms with E-state index in [0.717, 1.165) is 12.8 Å². The Morgan fingerprint density at radius 2 is 2.07 bits per heavy atom. The number of allylic oxidation sites excluding steroid dienone is 2. The molecular formula is C12H22O2. The average Bonchev–Trinajstić information content (AvgIpc) is 2.02. The molecular weight excluding hydrogens is 176 g/mol. The SMILES string of the molecule is CCCCC=C(C)CC(C)CC(=O)O. The highest BCUT2D eigenvalue weighted by Crippen LogP contribution is 2.15. The van der Waals surface area contributed by atoms with E-state index in [1.54, 1.807) is 0 Å². The second kappa shape index (κ2) is 7.60. The van der Waals surface area contributed by atoms with Gasteiger partial charge in [-0.1, -0.05) is 38.3 Å². The molecule has 2 nitrogen and oxygen atoms in total. The minimum absolute atomic E-state index is 0.255. The van der Waals surface area contributed by atoms with Crippen molar-refractivity contribution in [1.29, 1.82) is 0 Å². The zero-order valence-corrected chi connectivity index (χ0v) is 9.55. The molecule has 0 aliphatic carbocycles. The molecule has 0 radical (unpaired) electrons. The molecule has 0 aromatic carbocycles. The first-order valence-electron chi connectivity index (χ1n) is 5.43. The fourth-order valence-electron chi connectivity index (χ4n) is 1.56. The molecule has 0 fully saturated rings. The maximum absolute atomic E-state index is 10.4. The van der Waals surface area contributed by atoms with Crippen LogP contribution in [0, 0.1) is 5.92 Å². The lowest BCUT2D eigenvalue weighted by Crippen LogP contribution is -2.04. The first-order valence-corrected chi connectivity index (χ1v) is 5.43. The third-order valence-electron chi connectivity index (χ3n) is 2.24. The van der Waals surface area contributed by atoms with Gasteiger partial charge in [0.25, 0.3) is 0 Å². The van der Waals surface area contributed by atoms with Crippen molar-refractivity contribution in [3.63, 3.8) is 0 Å². The van der Waals surface area contributed by atoms with Crippen molar-refractivity contribution in [1.82, 2.24) is 0 Å². The minimum atomic E-state index is -0.696. The molecule has 0 rings (SSSR count). The van der Waals surface area contributed by atoms with Crippen molar-refractivity contribution in [3.05, 3.63) is 11.6 Å². The summed E-state index contributed by atoms with van der Waals surface area (Å²) in [4.78, 5) is 10.4. The van der Waals surface area contributed by atoms with E-state index < -0.39 is 5.97 Å². The number of hydrogen-bond donors (Lipinski definition) is 1. The van der Waals surface area contributed by atoms with Gasteiger partial charge in [-0.3, -0.25) is 4.79 Å². The van der Waals surface area contributed by atoms with Gasteiger partial charge < -0.3 is 5.11 Å². The van der Waals surface area contributed by atoms with Crippen molar-refractivity contribution in [3.8, 4) is 0 Å². The summed E-state index contributed by atoms with van der Waals surface area (Å²) < 4.78 is 0. The molecule has 0 aliphatic rings. The molecule has 82 valence electrons. The summed E-state index contributed by atoms with van der Waals surface area (Å²) in [6.45, 7) is 6.26. The lowest BCUT2D eigenvalue weighted by Gasteiger charge is -2.08. The van der Waals surface area contributed by atoms with Crippen LogP contribution in [-0.4, -0.2) is 11.1 Å². The van der Waals surface area contributed by atoms with E-state index in [2.05, 4.69) is 19.9 Å². The number of aliphatic carboxylic acids is 1. The topological polar surface area (TPSA) is 37.3 Å². The summed E-state index contributed by atoms with van der Waals surface area (Å²) in [6, 6.07) is 0. The normalized spacial score (nSPS) is 14.1. The van der Waals surface area contributed by atoms with Gasteiger partial charge in [-0.2, -0.15) is 0 Å². The van der Waals surface area contributed by atoms with E-state index in [1.165, 1.54) is 18.4 Å². The van der Waals surface area contributed by atoms with E-state index in [1.807, 2.05) is 6.92 Å². The second-order valence-corrected chi connectivity index (χ2v) is 4.10. The van der Waals surface area contributed by atoms with Crippen LogP contribution in [-0.2, 0) is 4.79 Å². The Labute approximate surface area is 87.0 Å². The first kappa shape index (κ1) is 13.2. The Morgan fingerprint density at radius 1 is 1.43 bits per heavy atom. The zero-order chi connectivity index (χ0) is 11.0. The van der Waals surface area contributed by atoms with Gasteiger partial charge in [-0.15, -0.1) is 0 Å². The molecule has 0 spiro atoms. The Kier molecular flexibility index (Phi) is 7.17. The lowest BCUT2D eigenvalue weighted by molar-refractivity contribution is -0.137. The molecule has 0 heterocycles. The number of unbranched alkanes of at least 4 members (excludes halogenated alkanes) is 2. The number of carboxylic acid groups (broad SMARTS) is 1. The third kappa shape index (κ3) is 7.84. The second-order valence-electron chi connectivity index (χ2n) is 4.10. The maximum atomic E-state index is 10.4. The van der Waals surface area contributed by atoms with Crippen LogP contribution in [0.25, 0.3) is 0 Å². The van der Waals surface area contributed by atoms with E-state index in [-0.39, 0.29) is 12.3 Å².